The second-order valence-electron chi connectivity index (χ2n) is 29.1. The molecule has 0 fully saturated rings. The minimum absolute atomic E-state index is 0.423. The molecule has 0 amide bonds. The zero-order chi connectivity index (χ0) is 101. The molecule has 133 heavy (non-hydrogen) atoms. The van der Waals surface area contributed by atoms with Gasteiger partial charge in [-0.3, -0.25) is 0 Å². The van der Waals surface area contributed by atoms with Gasteiger partial charge in [-0.2, -0.15) is 198 Å². The van der Waals surface area contributed by atoms with Gasteiger partial charge in [0.2, 0.25) is 0 Å². The summed E-state index contributed by atoms with van der Waals surface area (Å²) in [6.07, 6.45) is -95.4. The average molecular weight is 1990 g/mol. The van der Waals surface area contributed by atoms with Crippen molar-refractivity contribution in [1.82, 2.24) is 0 Å². The summed E-state index contributed by atoms with van der Waals surface area (Å²) in [6.45, 7) is -1.27. The van der Waals surface area contributed by atoms with E-state index in [1.54, 1.807) is 0 Å². The van der Waals surface area contributed by atoms with Gasteiger partial charge in [0.1, 0.15) is 34.3 Å². The van der Waals surface area contributed by atoms with Gasteiger partial charge in [0, 0.05) is 34.4 Å². The summed E-state index contributed by atoms with van der Waals surface area (Å²) in [5.74, 6) is -21.3. The first-order chi connectivity index (χ1) is 59.7. The minimum Gasteiger partial charge on any atom is -0.235 e. The van der Waals surface area contributed by atoms with E-state index in [4.69, 9.17) is 29.1 Å². The molecular weight excluding hydrogens is 1960 g/mol. The van der Waals surface area contributed by atoms with E-state index in [9.17, 15) is 39.5 Å². The largest absolute Gasteiger partial charge is 0.725 e. The van der Waals surface area contributed by atoms with Crippen molar-refractivity contribution >= 4 is 7.32 Å². The summed E-state index contributed by atoms with van der Waals surface area (Å²) in [4.78, 5) is 30.3. The fourth-order valence-electron chi connectivity index (χ4n) is 13.9. The van der Waals surface area contributed by atoms with Crippen LogP contribution in [0.15, 0.2) is 164 Å². The Morgan fingerprint density at radius 1 is 0.173 bits per heavy atom. The number of halogens is 48. The van der Waals surface area contributed by atoms with Gasteiger partial charge in [-0.1, -0.05) is 18.2 Å². The van der Waals surface area contributed by atoms with Crippen molar-refractivity contribution in [2.45, 2.75) is 148 Å². The molecule has 0 aliphatic carbocycles. The SMILES string of the molecule is CC(OOB(OOC(C)(c1ccc(C(F)(F)F)cc1F)C(c1cc(C(F)(F)F)cc(C(F)(F)F)c1)c1cc(C(F)(F)F)cc(C(F)(F)F)c1)OOC(C)(c1ccc(C(F)(F)F)cc1F)C(c1cc(C(F)(F)F)cc(C(F)(F)F)c1)c1cc(C(F)(F)F)cc(C(F)(F)F)c1)(c1ccc(C(F)(F)F)cc1F)C(c1cc(C(F)(F)F)cc(C(F)(F)F)c1)c1cc(C(F)(F)F)cc(C(F)(F)F)c1. The van der Waals surface area contributed by atoms with Crippen LogP contribution in [-0.2, 0) is 139 Å². The first kappa shape index (κ1) is 106. The lowest BCUT2D eigenvalue weighted by molar-refractivity contribution is -0.414. The molecule has 0 aliphatic heterocycles. The third kappa shape index (κ3) is 24.0. The molecule has 0 spiro atoms. The van der Waals surface area contributed by atoms with Gasteiger partial charge in [-0.05, 0) is 200 Å². The molecule has 9 rings (SSSR count). The van der Waals surface area contributed by atoms with Crippen molar-refractivity contribution in [3.63, 3.8) is 0 Å². The maximum absolute atomic E-state index is 17.5. The highest BCUT2D eigenvalue weighted by Crippen LogP contribution is 2.58. The quantitative estimate of drug-likeness (QED) is 0.0309. The van der Waals surface area contributed by atoms with E-state index in [1.807, 2.05) is 0 Å². The number of benzene rings is 9. The fourth-order valence-corrected chi connectivity index (χ4v) is 13.9. The lowest BCUT2D eigenvalue weighted by Crippen LogP contribution is -2.44. The molecule has 9 aromatic carbocycles. The fraction of sp³-hybridized carbons (Fsp3) is 0.308. The Bertz CT molecular complexity index is 4780. The van der Waals surface area contributed by atoms with Crippen molar-refractivity contribution in [2.24, 2.45) is 0 Å². The monoisotopic (exact) mass is 1990 g/mol. The molecule has 55 heteroatoms. The van der Waals surface area contributed by atoms with E-state index in [1.165, 1.54) is 0 Å². The van der Waals surface area contributed by atoms with Crippen LogP contribution in [0.5, 0.6) is 0 Å². The van der Waals surface area contributed by atoms with E-state index in [2.05, 4.69) is 0 Å². The van der Waals surface area contributed by atoms with Gasteiger partial charge >= 0.3 is 100.0 Å². The molecule has 9 aromatic rings. The van der Waals surface area contributed by atoms with E-state index in [-0.39, 0.29) is 0 Å². The highest BCUT2D eigenvalue weighted by molar-refractivity contribution is 6.35. The Morgan fingerprint density at radius 3 is 0.398 bits per heavy atom. The molecule has 6 nitrogen and oxygen atoms in total. The molecule has 0 heterocycles. The van der Waals surface area contributed by atoms with Crippen LogP contribution in [0.4, 0.5) is 211 Å². The summed E-state index contributed by atoms with van der Waals surface area (Å²) in [5, 5.41) is 0. The van der Waals surface area contributed by atoms with Crippen molar-refractivity contribution < 1.29 is 240 Å². The standard InChI is InChI=1S/C78H39BF48O6/c1-61(52-7-4-37(28-55(52)80)64(83,84)85,58(31-10-40(67(92,93)94)22-41(11-31)68(95,96)97)32-12-42(69(98,99)100)23-43(13-32)70(101,102)103)128-131-79(132-129-62(2,53-8-5-38(29-56(53)81)65(86,87)88)59(33-14-44(71(104,105)106)24-45(15-33)72(107,108)109)34-16-46(73(110,111)112)25-47(17-34)74(113,114)115)133-130-63(3,54-9-6-39(30-57(54)82)66(89,90)91)60(35-18-48(75(116,117)118)26-49(19-35)76(119,120)121)36-20-50(77(122,123)124)27-51(21-36)78(125,126)127/h4-30,58-60H,1-3H3. The second-order valence-corrected chi connectivity index (χ2v) is 29.1. The maximum atomic E-state index is 17.5. The van der Waals surface area contributed by atoms with Gasteiger partial charge in [0.05, 0.1) is 83.5 Å². The van der Waals surface area contributed by atoms with Crippen LogP contribution in [0.3, 0.4) is 0 Å². The number of alkyl halides is 45. The highest BCUT2D eigenvalue weighted by atomic mass is 19.5. The summed E-state index contributed by atoms with van der Waals surface area (Å²) < 4.78 is 730. The van der Waals surface area contributed by atoms with Crippen LogP contribution in [0.2, 0.25) is 0 Å². The van der Waals surface area contributed by atoms with Crippen molar-refractivity contribution in [1.29, 1.82) is 0 Å². The third-order valence-corrected chi connectivity index (χ3v) is 19.7. The summed E-state index contributed by atoms with van der Waals surface area (Å²) in [7, 11) is -5.02. The van der Waals surface area contributed by atoms with Crippen LogP contribution >= 0.6 is 0 Å². The summed E-state index contributed by atoms with van der Waals surface area (Å²) in [6, 6.07) is -21.8. The first-order valence-electron chi connectivity index (χ1n) is 35.1. The van der Waals surface area contributed by atoms with Crippen LogP contribution in [-0.4, -0.2) is 7.32 Å². The predicted molar refractivity (Wildman–Crippen MR) is 353 cm³/mol. The van der Waals surface area contributed by atoms with Crippen molar-refractivity contribution in [2.75, 3.05) is 0 Å². The van der Waals surface area contributed by atoms with Crippen LogP contribution < -0.4 is 0 Å². The zero-order valence-electron chi connectivity index (χ0n) is 64.0. The predicted octanol–water partition coefficient (Wildman–Crippen LogP) is 30.8. The van der Waals surface area contributed by atoms with Crippen molar-refractivity contribution in [3.8, 4) is 0 Å². The first-order valence-corrected chi connectivity index (χ1v) is 35.1. The molecule has 3 unspecified atom stereocenters. The Kier molecular flexibility index (Phi) is 28.2. The van der Waals surface area contributed by atoms with E-state index in [0.29, 0.717) is 0 Å². The van der Waals surface area contributed by atoms with Crippen LogP contribution in [0, 0.1) is 17.5 Å². The smallest absolute Gasteiger partial charge is 0.235 e. The van der Waals surface area contributed by atoms with Gasteiger partial charge in [-0.25, -0.2) is 42.2 Å². The number of rotatable bonds is 21. The Balaban J connectivity index is 1.55. The van der Waals surface area contributed by atoms with E-state index in [0.717, 1.165) is 0 Å². The van der Waals surface area contributed by atoms with Gasteiger partial charge in [0.15, 0.2) is 0 Å². The number of hydrogen-bond acceptors (Lipinski definition) is 6. The summed E-state index contributed by atoms with van der Waals surface area (Å²) >= 11 is 0. The molecule has 0 radical (unpaired) electrons. The third-order valence-electron chi connectivity index (χ3n) is 19.7. The Morgan fingerprint density at radius 2 is 0.293 bits per heavy atom. The number of hydrogen-bond donors (Lipinski definition) is 0. The lowest BCUT2D eigenvalue weighted by atomic mass is 9.73. The average Bonchev–Trinajstić information content (AvgIpc) is 0.740. The molecule has 3 atom stereocenters. The van der Waals surface area contributed by atoms with Crippen LogP contribution in [0.25, 0.3) is 0 Å². The lowest BCUT2D eigenvalue weighted by Gasteiger charge is -2.41. The molecule has 0 saturated carbocycles. The highest BCUT2D eigenvalue weighted by Gasteiger charge is 2.57. The maximum Gasteiger partial charge on any atom is 0.725 e. The molecule has 0 aromatic heterocycles. The Labute approximate surface area is 708 Å². The summed E-state index contributed by atoms with van der Waals surface area (Å²) in [5.41, 5.74) is -77.9. The molecule has 0 aliphatic rings. The minimum atomic E-state index is -6.44. The molecule has 0 N–H and O–H groups in total. The molecule has 0 saturated heterocycles. The Hall–Kier alpha value is -10.6. The topological polar surface area (TPSA) is 55.4 Å². The van der Waals surface area contributed by atoms with Gasteiger partial charge < -0.3 is 0 Å². The molecular formula is C78H39BF48O6. The van der Waals surface area contributed by atoms with Gasteiger partial charge in [-0.15, -0.1) is 0 Å². The van der Waals surface area contributed by atoms with E-state index >= 15 is 171 Å². The molecule has 0 bridgehead atoms. The van der Waals surface area contributed by atoms with E-state index < -0.39 is 470 Å². The zero-order valence-corrected chi connectivity index (χ0v) is 64.0. The normalized spacial score (nSPS) is 15.3. The van der Waals surface area contributed by atoms with Crippen LogP contribution in [0.1, 0.15) is 172 Å². The van der Waals surface area contributed by atoms with Gasteiger partial charge in [0.25, 0.3) is 0 Å². The molecule has 726 valence electrons. The second kappa shape index (κ2) is 35.3. The van der Waals surface area contributed by atoms with Crippen molar-refractivity contribution in [3.05, 3.63) is 315 Å².